The minimum Gasteiger partial charge on any atom is -0.462 e. The van der Waals surface area contributed by atoms with E-state index in [0.717, 1.165) is 68.8 Å². The van der Waals surface area contributed by atoms with Crippen LogP contribution >= 0.6 is 11.3 Å². The fourth-order valence-corrected chi connectivity index (χ4v) is 7.67. The van der Waals surface area contributed by atoms with Gasteiger partial charge in [0.05, 0.1) is 17.0 Å². The van der Waals surface area contributed by atoms with Crippen molar-refractivity contribution in [1.29, 1.82) is 0 Å². The number of hydrogen-bond donors (Lipinski definition) is 0. The molecule has 1 aliphatic carbocycles. The lowest BCUT2D eigenvalue weighted by Crippen LogP contribution is -2.50. The van der Waals surface area contributed by atoms with Gasteiger partial charge in [0.2, 0.25) is 6.10 Å². The second kappa shape index (κ2) is 14.6. The molecule has 19 heteroatoms. The molecular weight excluding hydrogens is 724 g/mol. The Labute approximate surface area is 309 Å². The van der Waals surface area contributed by atoms with Crippen molar-refractivity contribution in [3.8, 4) is 16.9 Å². The van der Waals surface area contributed by atoms with E-state index in [1.807, 2.05) is 12.1 Å². The molecule has 7 rings (SSSR count). The van der Waals surface area contributed by atoms with Gasteiger partial charge in [-0.2, -0.15) is 9.78 Å². The van der Waals surface area contributed by atoms with Gasteiger partial charge in [0, 0.05) is 45.1 Å². The van der Waals surface area contributed by atoms with E-state index in [-0.39, 0.29) is 11.5 Å². The molecule has 18 nitrogen and oxygen atoms in total. The van der Waals surface area contributed by atoms with Gasteiger partial charge in [-0.15, -0.1) is 16.4 Å². The molecule has 0 fully saturated rings. The lowest BCUT2D eigenvalue weighted by Gasteiger charge is -2.34. The van der Waals surface area contributed by atoms with Crippen molar-refractivity contribution >= 4 is 68.1 Å². The zero-order valence-electron chi connectivity index (χ0n) is 29.5. The maximum Gasteiger partial charge on any atom is 0.303 e. The molecular formula is C35H32N8O10S. The van der Waals surface area contributed by atoms with Gasteiger partial charge >= 0.3 is 29.8 Å². The molecule has 0 bridgehead atoms. The Morgan fingerprint density at radius 1 is 0.815 bits per heavy atom. The second-order valence-corrected chi connectivity index (χ2v) is 13.4. The van der Waals surface area contributed by atoms with Gasteiger partial charge in [-0.25, -0.2) is 24.5 Å². The highest BCUT2D eigenvalue weighted by molar-refractivity contribution is 7.19. The molecule has 0 radical (unpaired) electrons. The highest BCUT2D eigenvalue weighted by Crippen LogP contribution is 2.45. The van der Waals surface area contributed by atoms with Crippen molar-refractivity contribution in [1.82, 2.24) is 39.3 Å². The van der Waals surface area contributed by atoms with Crippen LogP contribution in [0.15, 0.2) is 43.1 Å². The molecule has 0 saturated heterocycles. The largest absolute Gasteiger partial charge is 0.462 e. The van der Waals surface area contributed by atoms with Crippen LogP contribution in [-0.4, -0.2) is 94.1 Å². The molecule has 0 N–H and O–H groups in total. The Balaban J connectivity index is 1.35. The van der Waals surface area contributed by atoms with Crippen LogP contribution in [0.25, 0.3) is 43.8 Å². The fourth-order valence-electron chi connectivity index (χ4n) is 6.52. The Hall–Kier alpha value is -6.37. The molecule has 0 aliphatic heterocycles. The smallest absolute Gasteiger partial charge is 0.303 e. The number of thiophene rings is 1. The molecule has 0 amide bonds. The molecule has 4 atom stereocenters. The SMILES string of the molecule is CC(=O)OC[C@@H](OC(C)=O)[C@@H](OC(C)=O)[C@H](OC(C)=O)[C@@H](OC(C)=O)c1nc2c3cnn(-c4ncnc5sc6c(c45)-c4ccccc4CC6)c3ncn2n1. The third-order valence-electron chi connectivity index (χ3n) is 8.48. The van der Waals surface area contributed by atoms with Gasteiger partial charge in [-0.1, -0.05) is 24.3 Å². The van der Waals surface area contributed by atoms with Gasteiger partial charge in [-0.3, -0.25) is 24.0 Å². The number of ether oxygens (including phenoxy) is 5. The molecule has 0 spiro atoms. The number of carbonyl (C=O) groups is 5. The Morgan fingerprint density at radius 2 is 1.54 bits per heavy atom. The zero-order chi connectivity index (χ0) is 38.3. The minimum atomic E-state index is -1.71. The summed E-state index contributed by atoms with van der Waals surface area (Å²) in [4.78, 5) is 81.9. The van der Waals surface area contributed by atoms with Crippen molar-refractivity contribution < 1.29 is 47.7 Å². The molecule has 1 aliphatic rings. The average molecular weight is 757 g/mol. The van der Waals surface area contributed by atoms with E-state index in [1.54, 1.807) is 22.2 Å². The predicted molar refractivity (Wildman–Crippen MR) is 187 cm³/mol. The van der Waals surface area contributed by atoms with Crippen LogP contribution in [0.4, 0.5) is 0 Å². The first-order valence-electron chi connectivity index (χ1n) is 16.7. The van der Waals surface area contributed by atoms with Crippen LogP contribution in [0.5, 0.6) is 0 Å². The van der Waals surface area contributed by atoms with Gasteiger partial charge in [0.25, 0.3) is 0 Å². The minimum absolute atomic E-state index is 0.197. The first-order chi connectivity index (χ1) is 25.9. The average Bonchev–Trinajstić information content (AvgIpc) is 3.85. The summed E-state index contributed by atoms with van der Waals surface area (Å²) in [6.45, 7) is 4.83. The van der Waals surface area contributed by atoms with E-state index in [2.05, 4.69) is 42.3 Å². The highest BCUT2D eigenvalue weighted by atomic mass is 32.1. The molecule has 5 aromatic heterocycles. The number of nitrogens with zero attached hydrogens (tertiary/aromatic N) is 8. The Morgan fingerprint density at radius 3 is 2.26 bits per heavy atom. The van der Waals surface area contributed by atoms with Crippen molar-refractivity contribution in [3.63, 3.8) is 0 Å². The van der Waals surface area contributed by atoms with Crippen molar-refractivity contribution in [3.05, 3.63) is 59.4 Å². The van der Waals surface area contributed by atoms with Crippen LogP contribution in [0.2, 0.25) is 0 Å². The number of aryl methyl sites for hydroxylation is 2. The standard InChI is InChI=1S/C35H32N8O10S/c1-16(44)49-13-24(50-17(2)45)28(51-18(3)46)29(52-19(4)47)30(53-20(5)48)31-40-33-23-12-39-43(32(23)38-15-42(33)41-31)34-27-26-22-9-7-6-8-21(22)10-11-25(26)54-35(27)37-14-36-34/h6-9,12,14-15,24,28-30H,10-11,13H2,1-5H3/t24-,28-,29+,30-/m1/s1. The van der Waals surface area contributed by atoms with Gasteiger partial charge < -0.3 is 23.7 Å². The highest BCUT2D eigenvalue weighted by Gasteiger charge is 2.46. The number of hydrogen-bond acceptors (Lipinski definition) is 17. The lowest BCUT2D eigenvalue weighted by molar-refractivity contribution is -0.204. The van der Waals surface area contributed by atoms with Gasteiger partial charge in [0.15, 0.2) is 41.2 Å². The number of carbonyl (C=O) groups excluding carboxylic acids is 5. The van der Waals surface area contributed by atoms with E-state index in [0.29, 0.717) is 16.9 Å². The topological polar surface area (TPSA) is 218 Å². The van der Waals surface area contributed by atoms with E-state index in [4.69, 9.17) is 23.7 Å². The number of aromatic nitrogens is 8. The maximum atomic E-state index is 12.6. The quantitative estimate of drug-likeness (QED) is 0.137. The van der Waals surface area contributed by atoms with E-state index < -0.39 is 60.9 Å². The summed E-state index contributed by atoms with van der Waals surface area (Å²) in [6, 6.07) is 8.24. The third-order valence-corrected chi connectivity index (χ3v) is 9.64. The maximum absolute atomic E-state index is 12.6. The number of fused-ring (bicyclic) bond motifs is 8. The Bertz CT molecular complexity index is 2470. The molecule has 54 heavy (non-hydrogen) atoms. The molecule has 0 unspecified atom stereocenters. The number of benzene rings is 1. The Kier molecular flexibility index (Phi) is 9.72. The molecule has 0 saturated carbocycles. The predicted octanol–water partition coefficient (Wildman–Crippen LogP) is 3.20. The van der Waals surface area contributed by atoms with Crippen LogP contribution in [0, 0.1) is 0 Å². The summed E-state index contributed by atoms with van der Waals surface area (Å²) in [5, 5.41) is 10.4. The summed E-state index contributed by atoms with van der Waals surface area (Å²) in [5.74, 6) is -3.86. The number of rotatable bonds is 11. The lowest BCUT2D eigenvalue weighted by atomic mass is 9.89. The van der Waals surface area contributed by atoms with Crippen LogP contribution < -0.4 is 0 Å². The molecule has 1 aromatic carbocycles. The normalized spacial score (nSPS) is 14.4. The third kappa shape index (κ3) is 6.92. The summed E-state index contributed by atoms with van der Waals surface area (Å²) < 4.78 is 30.1. The first kappa shape index (κ1) is 36.0. The summed E-state index contributed by atoms with van der Waals surface area (Å²) in [7, 11) is 0. The summed E-state index contributed by atoms with van der Waals surface area (Å²) >= 11 is 1.62. The molecule has 5 heterocycles. The first-order valence-corrected chi connectivity index (χ1v) is 17.5. The summed E-state index contributed by atoms with van der Waals surface area (Å²) in [6.07, 6.45) is -0.349. The zero-order valence-corrected chi connectivity index (χ0v) is 30.4. The van der Waals surface area contributed by atoms with Crippen LogP contribution in [0.3, 0.4) is 0 Å². The van der Waals surface area contributed by atoms with Gasteiger partial charge in [0.1, 0.15) is 24.1 Å². The summed E-state index contributed by atoms with van der Waals surface area (Å²) in [5.41, 5.74) is 4.01. The molecule has 6 aromatic rings. The van der Waals surface area contributed by atoms with Crippen molar-refractivity contribution in [2.75, 3.05) is 6.61 Å². The van der Waals surface area contributed by atoms with Crippen molar-refractivity contribution in [2.45, 2.75) is 71.9 Å². The van der Waals surface area contributed by atoms with Crippen LogP contribution in [-0.2, 0) is 60.5 Å². The monoisotopic (exact) mass is 756 g/mol. The second-order valence-electron chi connectivity index (χ2n) is 12.3. The fraction of sp³-hybridized carbons (Fsp3) is 0.343. The van der Waals surface area contributed by atoms with Crippen LogP contribution in [0.1, 0.15) is 57.0 Å². The molecule has 278 valence electrons. The number of esters is 5. The van der Waals surface area contributed by atoms with E-state index in [9.17, 15) is 24.0 Å². The van der Waals surface area contributed by atoms with E-state index in [1.165, 1.54) is 27.6 Å². The van der Waals surface area contributed by atoms with Crippen molar-refractivity contribution in [2.24, 2.45) is 0 Å². The van der Waals surface area contributed by atoms with Gasteiger partial charge in [-0.05, 0) is 24.0 Å². The van der Waals surface area contributed by atoms with E-state index >= 15 is 0 Å².